The van der Waals surface area contributed by atoms with Crippen molar-refractivity contribution >= 4 is 39.0 Å². The van der Waals surface area contributed by atoms with E-state index in [-0.39, 0.29) is 71.0 Å². The normalized spacial score (nSPS) is 16.2. The van der Waals surface area contributed by atoms with Gasteiger partial charge in [-0.05, 0) is 82.6 Å². The number of benzene rings is 2. The lowest BCUT2D eigenvalue weighted by Crippen LogP contribution is -2.45. The van der Waals surface area contributed by atoms with Gasteiger partial charge in [0.2, 0.25) is 27.7 Å². The van der Waals surface area contributed by atoms with Gasteiger partial charge >= 0.3 is 6.09 Å². The van der Waals surface area contributed by atoms with Gasteiger partial charge in [0.25, 0.3) is 0 Å². The first kappa shape index (κ1) is 36.8. The summed E-state index contributed by atoms with van der Waals surface area (Å²) in [7, 11) is -3.97. The molecule has 13 nitrogen and oxygen atoms in total. The van der Waals surface area contributed by atoms with Gasteiger partial charge in [-0.25, -0.2) is 23.3 Å². The highest BCUT2D eigenvalue weighted by atomic mass is 32.2. The van der Waals surface area contributed by atoms with Crippen LogP contribution in [0.4, 0.5) is 4.79 Å². The second-order valence-electron chi connectivity index (χ2n) is 13.6. The number of hydrogen-bond donors (Lipinski definition) is 4. The molecule has 0 spiro atoms. The summed E-state index contributed by atoms with van der Waals surface area (Å²) in [6.45, 7) is 8.52. The number of amides is 3. The summed E-state index contributed by atoms with van der Waals surface area (Å²) < 4.78 is 34.9. The summed E-state index contributed by atoms with van der Waals surface area (Å²) in [4.78, 5) is 43.9. The highest BCUT2D eigenvalue weighted by Gasteiger charge is 2.36. The molecule has 1 aliphatic heterocycles. The monoisotopic (exact) mass is 685 g/mol. The number of sulfonamides is 1. The molecular weight excluding hydrogens is 638 g/mol. The van der Waals surface area contributed by atoms with Crippen LogP contribution in [0.3, 0.4) is 0 Å². The Morgan fingerprint density at radius 1 is 1.10 bits per heavy atom. The van der Waals surface area contributed by atoms with E-state index in [0.717, 1.165) is 5.56 Å². The number of likely N-dealkylation sites (tertiary alicyclic amines) is 1. The van der Waals surface area contributed by atoms with E-state index in [4.69, 9.17) is 14.3 Å². The summed E-state index contributed by atoms with van der Waals surface area (Å²) in [6.07, 6.45) is 2.13. The fraction of sp³-hybridized carbons (Fsp3) is 0.529. The van der Waals surface area contributed by atoms with E-state index >= 15 is 0 Å². The zero-order valence-corrected chi connectivity index (χ0v) is 28.8. The Bertz CT molecular complexity index is 1680. The Morgan fingerprint density at radius 3 is 2.44 bits per heavy atom. The van der Waals surface area contributed by atoms with Crippen LogP contribution in [0.25, 0.3) is 11.1 Å². The van der Waals surface area contributed by atoms with Gasteiger partial charge in [-0.1, -0.05) is 37.3 Å². The molecule has 48 heavy (non-hydrogen) atoms. The number of rotatable bonds is 13. The molecule has 3 amide bonds. The van der Waals surface area contributed by atoms with Crippen LogP contribution in [0.2, 0.25) is 0 Å². The molecule has 14 heteroatoms. The zero-order valence-electron chi connectivity index (χ0n) is 28.0. The number of piperidine rings is 1. The molecule has 1 aliphatic rings. The van der Waals surface area contributed by atoms with E-state index < -0.39 is 21.2 Å². The molecule has 0 bridgehead atoms. The Morgan fingerprint density at radius 2 is 1.79 bits per heavy atom. The molecule has 2 unspecified atom stereocenters. The Kier molecular flexibility index (Phi) is 11.9. The van der Waals surface area contributed by atoms with Crippen LogP contribution in [0, 0.1) is 11.8 Å². The van der Waals surface area contributed by atoms with Crippen LogP contribution in [0.5, 0.6) is 0 Å². The van der Waals surface area contributed by atoms with Gasteiger partial charge in [-0.2, -0.15) is 0 Å². The quantitative estimate of drug-likeness (QED) is 0.208. The molecule has 0 radical (unpaired) electrons. The molecule has 262 valence electrons. The van der Waals surface area contributed by atoms with Crippen molar-refractivity contribution in [1.29, 1.82) is 0 Å². The molecule has 1 saturated heterocycles. The SMILES string of the molecule is CC(CCNC(=O)C1CCN(C(=O)OC(C)(C)C)CC1)CC(=O)NCC(O)(CCc1ccccc1)c1nc2cc(S(N)(=O)=O)ccc2o1. The number of aryl methyl sites for hydroxylation is 1. The first-order chi connectivity index (χ1) is 22.5. The fourth-order valence-electron chi connectivity index (χ4n) is 5.52. The molecule has 1 aromatic heterocycles. The molecular formula is C34H47N5O8S. The van der Waals surface area contributed by atoms with Crippen LogP contribution < -0.4 is 15.8 Å². The van der Waals surface area contributed by atoms with Crippen molar-refractivity contribution in [2.75, 3.05) is 26.2 Å². The van der Waals surface area contributed by atoms with E-state index in [1.807, 2.05) is 58.0 Å². The maximum Gasteiger partial charge on any atom is 0.410 e. The molecule has 5 N–H and O–H groups in total. The Hall–Kier alpha value is -4.01. The van der Waals surface area contributed by atoms with Gasteiger partial charge in [-0.3, -0.25) is 9.59 Å². The summed E-state index contributed by atoms with van der Waals surface area (Å²) in [5, 5.41) is 22.8. The van der Waals surface area contributed by atoms with Crippen molar-refractivity contribution < 1.29 is 37.1 Å². The summed E-state index contributed by atoms with van der Waals surface area (Å²) in [5.74, 6) is -0.637. The first-order valence-electron chi connectivity index (χ1n) is 16.2. The lowest BCUT2D eigenvalue weighted by Gasteiger charge is -2.33. The maximum absolute atomic E-state index is 13.0. The summed E-state index contributed by atoms with van der Waals surface area (Å²) >= 11 is 0. The van der Waals surface area contributed by atoms with E-state index in [1.165, 1.54) is 18.2 Å². The van der Waals surface area contributed by atoms with Gasteiger partial charge in [0.15, 0.2) is 11.2 Å². The average molecular weight is 686 g/mol. The highest BCUT2D eigenvalue weighted by molar-refractivity contribution is 7.89. The topological polar surface area (TPSA) is 194 Å². The Balaban J connectivity index is 1.28. The lowest BCUT2D eigenvalue weighted by atomic mass is 9.94. The fourth-order valence-corrected chi connectivity index (χ4v) is 6.06. The minimum Gasteiger partial charge on any atom is -0.444 e. The summed E-state index contributed by atoms with van der Waals surface area (Å²) in [6, 6.07) is 13.5. The molecule has 2 atom stereocenters. The van der Waals surface area contributed by atoms with Gasteiger partial charge in [0.1, 0.15) is 11.1 Å². The van der Waals surface area contributed by atoms with Crippen molar-refractivity contribution in [3.63, 3.8) is 0 Å². The van der Waals surface area contributed by atoms with E-state index in [1.54, 1.807) is 4.90 Å². The molecule has 0 aliphatic carbocycles. The van der Waals surface area contributed by atoms with E-state index in [9.17, 15) is 27.9 Å². The number of primary sulfonamides is 1. The van der Waals surface area contributed by atoms with Gasteiger partial charge in [0, 0.05) is 32.0 Å². The third kappa shape index (κ3) is 10.5. The number of nitrogens with zero attached hydrogens (tertiary/aromatic N) is 2. The van der Waals surface area contributed by atoms with Crippen molar-refractivity contribution in [3.05, 3.63) is 60.0 Å². The first-order valence-corrected chi connectivity index (χ1v) is 17.8. The standard InChI is InChI=1S/C34H47N5O8S/c1-23(13-17-36-30(41)25-14-18-39(19-15-25)32(42)47-33(2,3)4)20-29(40)37-22-34(43,16-12-24-8-6-5-7-9-24)31-38-27-21-26(48(35,44)45)10-11-28(27)46-31/h5-11,21,23,25,43H,12-20,22H2,1-4H3,(H,36,41)(H,37,40)(H2,35,44,45). The highest BCUT2D eigenvalue weighted by Crippen LogP contribution is 2.30. The van der Waals surface area contributed by atoms with Crippen LogP contribution >= 0.6 is 0 Å². The predicted molar refractivity (Wildman–Crippen MR) is 179 cm³/mol. The summed E-state index contributed by atoms with van der Waals surface area (Å²) in [5.41, 5.74) is -0.809. The number of carbonyl (C=O) groups is 3. The minimum absolute atomic E-state index is 0.0482. The molecule has 4 rings (SSSR count). The number of fused-ring (bicyclic) bond motifs is 1. The molecule has 3 aromatic rings. The second kappa shape index (κ2) is 15.5. The number of oxazole rings is 1. The Labute approximate surface area is 281 Å². The number of hydrogen-bond acceptors (Lipinski definition) is 9. The predicted octanol–water partition coefficient (Wildman–Crippen LogP) is 3.59. The lowest BCUT2D eigenvalue weighted by molar-refractivity contribution is -0.126. The number of nitrogens with one attached hydrogen (secondary N) is 2. The van der Waals surface area contributed by atoms with Crippen LogP contribution in [-0.2, 0) is 36.4 Å². The average Bonchev–Trinajstić information content (AvgIpc) is 3.47. The molecule has 1 fully saturated rings. The van der Waals surface area contributed by atoms with Crippen LogP contribution in [0.15, 0.2) is 57.8 Å². The minimum atomic E-state index is -3.97. The largest absolute Gasteiger partial charge is 0.444 e. The van der Waals surface area contributed by atoms with E-state index in [2.05, 4.69) is 15.6 Å². The number of aromatic nitrogens is 1. The third-order valence-electron chi connectivity index (χ3n) is 8.32. The molecule has 2 aromatic carbocycles. The van der Waals surface area contributed by atoms with Gasteiger partial charge in [-0.15, -0.1) is 0 Å². The second-order valence-corrected chi connectivity index (χ2v) is 15.2. The molecule has 2 heterocycles. The van der Waals surface area contributed by atoms with Crippen LogP contribution in [-0.4, -0.2) is 73.1 Å². The third-order valence-corrected chi connectivity index (χ3v) is 9.23. The van der Waals surface area contributed by atoms with Crippen molar-refractivity contribution in [2.24, 2.45) is 17.0 Å². The number of carbonyl (C=O) groups excluding carboxylic acids is 3. The van der Waals surface area contributed by atoms with E-state index in [0.29, 0.717) is 45.3 Å². The number of ether oxygens (including phenoxy) is 1. The van der Waals surface area contributed by atoms with Gasteiger partial charge in [0.05, 0.1) is 11.4 Å². The van der Waals surface area contributed by atoms with Crippen molar-refractivity contribution in [1.82, 2.24) is 20.5 Å². The van der Waals surface area contributed by atoms with Crippen molar-refractivity contribution in [3.8, 4) is 0 Å². The smallest absolute Gasteiger partial charge is 0.410 e. The number of aliphatic hydroxyl groups is 1. The zero-order chi connectivity index (χ0) is 35.1. The van der Waals surface area contributed by atoms with Crippen LogP contribution in [0.1, 0.15) is 71.3 Å². The van der Waals surface area contributed by atoms with Gasteiger partial charge < -0.3 is 29.8 Å². The maximum atomic E-state index is 13.0. The molecule has 0 saturated carbocycles. The number of nitrogens with two attached hydrogens (primary N) is 1. The van der Waals surface area contributed by atoms with Crippen molar-refractivity contribution in [2.45, 2.75) is 82.3 Å².